The normalized spacial score (nSPS) is 12.2. The van der Waals surface area contributed by atoms with E-state index in [1.54, 1.807) is 19.0 Å². The summed E-state index contributed by atoms with van der Waals surface area (Å²) >= 11 is 0. The number of nitrogens with one attached hydrogen (secondary N) is 1. The van der Waals surface area contributed by atoms with E-state index in [-0.39, 0.29) is 5.91 Å². The molecule has 1 amide bonds. The molecule has 0 rings (SSSR count). The molecule has 0 spiro atoms. The first-order chi connectivity index (χ1) is 6.07. The highest BCUT2D eigenvalue weighted by molar-refractivity contribution is 5.75. The van der Waals surface area contributed by atoms with Crippen molar-refractivity contribution < 1.29 is 4.79 Å². The van der Waals surface area contributed by atoms with Gasteiger partial charge >= 0.3 is 0 Å². The molecule has 0 aliphatic rings. The minimum Gasteiger partial charge on any atom is -0.349 e. The van der Waals surface area contributed by atoms with Gasteiger partial charge in [0.1, 0.15) is 0 Å². The maximum absolute atomic E-state index is 11.1. The first kappa shape index (κ1) is 12.2. The van der Waals surface area contributed by atoms with Crippen LogP contribution >= 0.6 is 0 Å². The van der Waals surface area contributed by atoms with E-state index in [0.29, 0.717) is 12.5 Å². The summed E-state index contributed by atoms with van der Waals surface area (Å²) < 4.78 is 0. The number of rotatable bonds is 6. The Morgan fingerprint density at radius 3 is 2.69 bits per heavy atom. The van der Waals surface area contributed by atoms with Gasteiger partial charge in [0.05, 0.1) is 0 Å². The fourth-order valence-electron chi connectivity index (χ4n) is 0.982. The molecule has 0 aromatic rings. The molecule has 1 N–H and O–H groups in total. The van der Waals surface area contributed by atoms with Crippen molar-refractivity contribution in [3.05, 3.63) is 12.7 Å². The van der Waals surface area contributed by atoms with Crippen molar-refractivity contribution in [2.45, 2.75) is 25.8 Å². The van der Waals surface area contributed by atoms with Gasteiger partial charge in [0.15, 0.2) is 0 Å². The van der Waals surface area contributed by atoms with Gasteiger partial charge in [0, 0.05) is 33.1 Å². The number of amides is 1. The van der Waals surface area contributed by atoms with Crippen LogP contribution < -0.4 is 5.32 Å². The van der Waals surface area contributed by atoms with Crippen molar-refractivity contribution in [2.24, 2.45) is 0 Å². The molecule has 0 heterocycles. The van der Waals surface area contributed by atoms with Gasteiger partial charge in [-0.1, -0.05) is 6.08 Å². The number of nitrogens with zero attached hydrogens (tertiary/aromatic N) is 1. The van der Waals surface area contributed by atoms with Gasteiger partial charge in [-0.2, -0.15) is 0 Å². The predicted octanol–water partition coefficient (Wildman–Crippen LogP) is 1.02. The molecule has 0 aromatic heterocycles. The fourth-order valence-corrected chi connectivity index (χ4v) is 0.982. The molecule has 3 heteroatoms. The quantitative estimate of drug-likeness (QED) is 0.625. The molecule has 1 unspecified atom stereocenters. The van der Waals surface area contributed by atoms with Crippen LogP contribution in [-0.4, -0.2) is 37.5 Å². The van der Waals surface area contributed by atoms with E-state index < -0.39 is 0 Å². The minimum absolute atomic E-state index is 0.165. The summed E-state index contributed by atoms with van der Waals surface area (Å²) in [6.07, 6.45) is 3.38. The summed E-state index contributed by atoms with van der Waals surface area (Å²) in [6, 6.07) is 0.410. The Morgan fingerprint density at radius 2 is 2.23 bits per heavy atom. The number of hydrogen-bond donors (Lipinski definition) is 1. The smallest absolute Gasteiger partial charge is 0.223 e. The van der Waals surface area contributed by atoms with Crippen LogP contribution in [0.5, 0.6) is 0 Å². The average Bonchev–Trinajstić information content (AvgIpc) is 2.04. The van der Waals surface area contributed by atoms with Crippen LogP contribution in [0.1, 0.15) is 19.8 Å². The van der Waals surface area contributed by atoms with Crippen LogP contribution in [0.15, 0.2) is 12.7 Å². The zero-order chi connectivity index (χ0) is 10.3. The Labute approximate surface area is 80.8 Å². The number of hydrogen-bond acceptors (Lipinski definition) is 2. The predicted molar refractivity (Wildman–Crippen MR) is 55.6 cm³/mol. The lowest BCUT2D eigenvalue weighted by molar-refractivity contribution is -0.128. The molecule has 0 radical (unpaired) electrons. The standard InChI is InChI=1S/C10H20N2O/c1-5-6-9(2)11-8-7-10(13)12(3)4/h5,9,11H,1,6-8H2,2-4H3. The lowest BCUT2D eigenvalue weighted by Gasteiger charge is -2.13. The Balaban J connectivity index is 3.44. The number of carbonyl (C=O) groups is 1. The van der Waals surface area contributed by atoms with E-state index in [4.69, 9.17) is 0 Å². The van der Waals surface area contributed by atoms with E-state index in [1.165, 1.54) is 0 Å². The summed E-state index contributed by atoms with van der Waals surface area (Å²) in [5, 5.41) is 3.25. The third-order valence-corrected chi connectivity index (χ3v) is 1.85. The lowest BCUT2D eigenvalue weighted by atomic mass is 10.2. The monoisotopic (exact) mass is 184 g/mol. The second kappa shape index (κ2) is 6.66. The molecule has 13 heavy (non-hydrogen) atoms. The molecule has 0 aliphatic carbocycles. The Kier molecular flexibility index (Phi) is 6.24. The SMILES string of the molecule is C=CCC(C)NCCC(=O)N(C)C. The highest BCUT2D eigenvalue weighted by atomic mass is 16.2. The second-order valence-corrected chi connectivity index (χ2v) is 3.42. The number of carbonyl (C=O) groups excluding carboxylic acids is 1. The van der Waals surface area contributed by atoms with Crippen LogP contribution in [0, 0.1) is 0 Å². The molecule has 1 atom stereocenters. The van der Waals surface area contributed by atoms with Crippen molar-refractivity contribution in [3.63, 3.8) is 0 Å². The van der Waals surface area contributed by atoms with E-state index in [2.05, 4.69) is 18.8 Å². The van der Waals surface area contributed by atoms with E-state index >= 15 is 0 Å². The van der Waals surface area contributed by atoms with Gasteiger partial charge < -0.3 is 10.2 Å². The largest absolute Gasteiger partial charge is 0.349 e. The van der Waals surface area contributed by atoms with E-state index in [0.717, 1.165) is 13.0 Å². The van der Waals surface area contributed by atoms with Gasteiger partial charge in [-0.3, -0.25) is 4.79 Å². The molecular formula is C10H20N2O. The molecule has 0 fully saturated rings. The Morgan fingerprint density at radius 1 is 1.62 bits per heavy atom. The van der Waals surface area contributed by atoms with Crippen LogP contribution in [0.3, 0.4) is 0 Å². The first-order valence-corrected chi connectivity index (χ1v) is 4.62. The molecular weight excluding hydrogens is 164 g/mol. The van der Waals surface area contributed by atoms with Gasteiger partial charge in [-0.05, 0) is 13.3 Å². The minimum atomic E-state index is 0.165. The molecule has 3 nitrogen and oxygen atoms in total. The zero-order valence-electron chi connectivity index (χ0n) is 8.84. The van der Waals surface area contributed by atoms with Crippen molar-refractivity contribution in [3.8, 4) is 0 Å². The topological polar surface area (TPSA) is 32.3 Å². The average molecular weight is 184 g/mol. The molecule has 0 aromatic carbocycles. The summed E-state index contributed by atoms with van der Waals surface area (Å²) in [7, 11) is 3.55. The summed E-state index contributed by atoms with van der Waals surface area (Å²) in [4.78, 5) is 12.8. The summed E-state index contributed by atoms with van der Waals surface area (Å²) in [5.41, 5.74) is 0. The second-order valence-electron chi connectivity index (χ2n) is 3.42. The lowest BCUT2D eigenvalue weighted by Crippen LogP contribution is -2.31. The van der Waals surface area contributed by atoms with Crippen LogP contribution in [-0.2, 0) is 4.79 Å². The van der Waals surface area contributed by atoms with E-state index in [9.17, 15) is 4.79 Å². The van der Waals surface area contributed by atoms with Crippen molar-refractivity contribution >= 4 is 5.91 Å². The van der Waals surface area contributed by atoms with Gasteiger partial charge in [0.25, 0.3) is 0 Å². The Hall–Kier alpha value is -0.830. The first-order valence-electron chi connectivity index (χ1n) is 4.62. The maximum atomic E-state index is 11.1. The van der Waals surface area contributed by atoms with Crippen LogP contribution in [0.4, 0.5) is 0 Å². The van der Waals surface area contributed by atoms with Crippen molar-refractivity contribution in [1.29, 1.82) is 0 Å². The van der Waals surface area contributed by atoms with E-state index in [1.807, 2.05) is 6.08 Å². The Bertz CT molecular complexity index is 166. The van der Waals surface area contributed by atoms with Crippen molar-refractivity contribution in [2.75, 3.05) is 20.6 Å². The summed E-state index contributed by atoms with van der Waals surface area (Å²) in [6.45, 7) is 6.48. The highest BCUT2D eigenvalue weighted by Gasteiger charge is 2.04. The molecule has 76 valence electrons. The molecule has 0 bridgehead atoms. The highest BCUT2D eigenvalue weighted by Crippen LogP contribution is 1.91. The third kappa shape index (κ3) is 6.34. The van der Waals surface area contributed by atoms with Crippen molar-refractivity contribution in [1.82, 2.24) is 10.2 Å². The van der Waals surface area contributed by atoms with Crippen LogP contribution in [0.2, 0.25) is 0 Å². The fraction of sp³-hybridized carbons (Fsp3) is 0.700. The third-order valence-electron chi connectivity index (χ3n) is 1.85. The molecule has 0 saturated heterocycles. The zero-order valence-corrected chi connectivity index (χ0v) is 8.84. The molecule has 0 saturated carbocycles. The molecule has 0 aliphatic heterocycles. The van der Waals surface area contributed by atoms with Gasteiger partial charge in [-0.15, -0.1) is 6.58 Å². The van der Waals surface area contributed by atoms with Gasteiger partial charge in [0.2, 0.25) is 5.91 Å². The summed E-state index contributed by atoms with van der Waals surface area (Å²) in [5.74, 6) is 0.165. The maximum Gasteiger partial charge on any atom is 0.223 e. The van der Waals surface area contributed by atoms with Gasteiger partial charge in [-0.25, -0.2) is 0 Å². The van der Waals surface area contributed by atoms with Crippen LogP contribution in [0.25, 0.3) is 0 Å².